The molecule has 12 heavy (non-hydrogen) atoms. The maximum absolute atomic E-state index is 5.95. The molecule has 0 N–H and O–H groups in total. The van der Waals surface area contributed by atoms with Crippen molar-refractivity contribution in [3.05, 3.63) is 0 Å². The zero-order chi connectivity index (χ0) is 9.52. The quantitative estimate of drug-likeness (QED) is 0.543. The molecule has 0 aromatic heterocycles. The van der Waals surface area contributed by atoms with E-state index in [1.807, 2.05) is 0 Å². The summed E-state index contributed by atoms with van der Waals surface area (Å²) >= 11 is 0. The van der Waals surface area contributed by atoms with E-state index in [4.69, 9.17) is 4.74 Å². The first-order valence-electron chi connectivity index (χ1n) is 4.99. The van der Waals surface area contributed by atoms with Crippen molar-refractivity contribution in [3.63, 3.8) is 0 Å². The Balaban J connectivity index is 2.71. The Morgan fingerprint density at radius 2 is 1.42 bits per heavy atom. The average molecular weight is 170 g/mol. The summed E-state index contributed by atoms with van der Waals surface area (Å²) in [4.78, 5) is 0. The molecule has 4 unspecified atom stereocenters. The molecule has 0 aliphatic carbocycles. The van der Waals surface area contributed by atoms with Crippen LogP contribution in [-0.2, 0) is 4.74 Å². The van der Waals surface area contributed by atoms with E-state index in [2.05, 4.69) is 41.5 Å². The zero-order valence-electron chi connectivity index (χ0n) is 9.22. The van der Waals surface area contributed by atoms with Gasteiger partial charge in [-0.3, -0.25) is 0 Å². The van der Waals surface area contributed by atoms with Gasteiger partial charge in [-0.2, -0.15) is 0 Å². The Labute approximate surface area is 76.5 Å². The van der Waals surface area contributed by atoms with Crippen LogP contribution in [0.3, 0.4) is 0 Å². The molecule has 1 rings (SSSR count). The zero-order valence-corrected chi connectivity index (χ0v) is 9.22. The molecule has 0 spiro atoms. The average Bonchev–Trinajstić information content (AvgIpc) is 2.15. The third kappa shape index (κ3) is 1.66. The van der Waals surface area contributed by atoms with E-state index in [0.717, 1.165) is 0 Å². The highest BCUT2D eigenvalue weighted by Gasteiger charge is 2.42. The second-order valence-electron chi connectivity index (χ2n) is 5.35. The predicted octanol–water partition coefficient (Wildman–Crippen LogP) is 3.09. The lowest BCUT2D eigenvalue weighted by Crippen LogP contribution is -2.31. The summed E-state index contributed by atoms with van der Waals surface area (Å²) in [7, 11) is 0. The molecule has 0 saturated carbocycles. The molecule has 0 amide bonds. The van der Waals surface area contributed by atoms with Crippen LogP contribution in [-0.4, -0.2) is 12.2 Å². The minimum atomic E-state index is 0.290. The summed E-state index contributed by atoms with van der Waals surface area (Å²) in [5, 5.41) is 0. The first-order valence-corrected chi connectivity index (χ1v) is 4.99. The fraction of sp³-hybridized carbons (Fsp3) is 1.00. The van der Waals surface area contributed by atoms with Gasteiger partial charge in [0.15, 0.2) is 0 Å². The molecule has 1 heterocycles. The van der Waals surface area contributed by atoms with Crippen molar-refractivity contribution < 1.29 is 4.74 Å². The molecule has 1 nitrogen and oxygen atoms in total. The molecule has 4 atom stereocenters. The van der Waals surface area contributed by atoms with Gasteiger partial charge in [-0.25, -0.2) is 0 Å². The van der Waals surface area contributed by atoms with Crippen LogP contribution in [0.4, 0.5) is 0 Å². The van der Waals surface area contributed by atoms with Crippen molar-refractivity contribution >= 4 is 0 Å². The van der Waals surface area contributed by atoms with Gasteiger partial charge in [0.05, 0.1) is 12.2 Å². The van der Waals surface area contributed by atoms with E-state index in [9.17, 15) is 0 Å². The molecule has 0 radical (unpaired) electrons. The van der Waals surface area contributed by atoms with Gasteiger partial charge in [0.1, 0.15) is 0 Å². The fourth-order valence-electron chi connectivity index (χ4n) is 2.18. The van der Waals surface area contributed by atoms with Gasteiger partial charge in [0, 0.05) is 0 Å². The van der Waals surface area contributed by atoms with Crippen molar-refractivity contribution in [3.8, 4) is 0 Å². The Bertz CT molecular complexity index is 157. The second kappa shape index (κ2) is 3.02. The molecule has 0 aromatic rings. The summed E-state index contributed by atoms with van der Waals surface area (Å²) in [5.41, 5.74) is 0.290. The molecule has 1 aliphatic heterocycles. The minimum Gasteiger partial charge on any atom is -0.374 e. The lowest BCUT2D eigenvalue weighted by molar-refractivity contribution is -0.0225. The van der Waals surface area contributed by atoms with E-state index >= 15 is 0 Å². The summed E-state index contributed by atoms with van der Waals surface area (Å²) in [6.07, 6.45) is 0.867. The smallest absolute Gasteiger partial charge is 0.0656 e. The topological polar surface area (TPSA) is 9.23 Å². The van der Waals surface area contributed by atoms with Gasteiger partial charge in [-0.15, -0.1) is 0 Å². The van der Waals surface area contributed by atoms with Gasteiger partial charge in [-0.1, -0.05) is 34.6 Å². The molecular weight excluding hydrogens is 148 g/mol. The SMILES string of the molecule is CC1OC(C(C)(C)C)C(C)C1C. The molecule has 0 bridgehead atoms. The van der Waals surface area contributed by atoms with E-state index < -0.39 is 0 Å². The van der Waals surface area contributed by atoms with Gasteiger partial charge in [0.2, 0.25) is 0 Å². The van der Waals surface area contributed by atoms with Crippen molar-refractivity contribution in [2.75, 3.05) is 0 Å². The van der Waals surface area contributed by atoms with E-state index in [-0.39, 0.29) is 0 Å². The Morgan fingerprint density at radius 1 is 0.917 bits per heavy atom. The Hall–Kier alpha value is -0.0400. The predicted molar refractivity (Wildman–Crippen MR) is 52.1 cm³/mol. The lowest BCUT2D eigenvalue weighted by Gasteiger charge is -2.30. The molecule has 1 heteroatoms. The fourth-order valence-corrected chi connectivity index (χ4v) is 2.18. The van der Waals surface area contributed by atoms with Crippen LogP contribution < -0.4 is 0 Å². The summed E-state index contributed by atoms with van der Waals surface area (Å²) in [6, 6.07) is 0. The monoisotopic (exact) mass is 170 g/mol. The Kier molecular flexibility index (Phi) is 2.53. The molecule has 1 saturated heterocycles. The van der Waals surface area contributed by atoms with Crippen LogP contribution in [0.15, 0.2) is 0 Å². The second-order valence-corrected chi connectivity index (χ2v) is 5.35. The van der Waals surface area contributed by atoms with Crippen LogP contribution in [0.2, 0.25) is 0 Å². The highest BCUT2D eigenvalue weighted by Crippen LogP contribution is 2.40. The number of ether oxygens (including phenoxy) is 1. The molecular formula is C11H22O. The third-order valence-electron chi connectivity index (χ3n) is 3.26. The summed E-state index contributed by atoms with van der Waals surface area (Å²) in [6.45, 7) is 13.6. The first kappa shape index (κ1) is 10.0. The summed E-state index contributed by atoms with van der Waals surface area (Å²) in [5.74, 6) is 1.40. The van der Waals surface area contributed by atoms with Crippen molar-refractivity contribution in [2.24, 2.45) is 17.3 Å². The third-order valence-corrected chi connectivity index (χ3v) is 3.26. The summed E-state index contributed by atoms with van der Waals surface area (Å²) < 4.78 is 5.95. The largest absolute Gasteiger partial charge is 0.374 e. The van der Waals surface area contributed by atoms with Gasteiger partial charge in [-0.05, 0) is 24.2 Å². The van der Waals surface area contributed by atoms with Gasteiger partial charge in [0.25, 0.3) is 0 Å². The van der Waals surface area contributed by atoms with Crippen molar-refractivity contribution in [2.45, 2.75) is 53.8 Å². The highest BCUT2D eigenvalue weighted by atomic mass is 16.5. The van der Waals surface area contributed by atoms with Crippen LogP contribution in [0.25, 0.3) is 0 Å². The van der Waals surface area contributed by atoms with Crippen molar-refractivity contribution in [1.29, 1.82) is 0 Å². The molecule has 0 aromatic carbocycles. The number of hydrogen-bond acceptors (Lipinski definition) is 1. The minimum absolute atomic E-state index is 0.290. The van der Waals surface area contributed by atoms with Crippen LogP contribution in [0.5, 0.6) is 0 Å². The molecule has 72 valence electrons. The van der Waals surface area contributed by atoms with Crippen molar-refractivity contribution in [1.82, 2.24) is 0 Å². The molecule has 1 fully saturated rings. The van der Waals surface area contributed by atoms with Crippen LogP contribution in [0, 0.1) is 17.3 Å². The molecule has 1 aliphatic rings. The van der Waals surface area contributed by atoms with Gasteiger partial charge >= 0.3 is 0 Å². The van der Waals surface area contributed by atoms with Crippen LogP contribution in [0.1, 0.15) is 41.5 Å². The maximum atomic E-state index is 5.95. The highest BCUT2D eigenvalue weighted by molar-refractivity contribution is 4.89. The number of rotatable bonds is 0. The van der Waals surface area contributed by atoms with E-state index in [0.29, 0.717) is 29.5 Å². The normalized spacial score (nSPS) is 43.5. The lowest BCUT2D eigenvalue weighted by atomic mass is 9.78. The van der Waals surface area contributed by atoms with E-state index in [1.54, 1.807) is 0 Å². The standard InChI is InChI=1S/C11H22O/c1-7-8(2)10(11(4,5)6)12-9(7)3/h7-10H,1-6H3. The number of hydrogen-bond donors (Lipinski definition) is 0. The van der Waals surface area contributed by atoms with E-state index in [1.165, 1.54) is 0 Å². The van der Waals surface area contributed by atoms with Gasteiger partial charge < -0.3 is 4.74 Å². The van der Waals surface area contributed by atoms with Crippen LogP contribution >= 0.6 is 0 Å². The maximum Gasteiger partial charge on any atom is 0.0656 e. The first-order chi connectivity index (χ1) is 5.34. The Morgan fingerprint density at radius 3 is 1.58 bits per heavy atom.